The summed E-state index contributed by atoms with van der Waals surface area (Å²) in [5.41, 5.74) is 0. The highest BCUT2D eigenvalue weighted by Crippen LogP contribution is 1.87. The van der Waals surface area contributed by atoms with E-state index in [1.165, 1.54) is 0 Å². The molecule has 0 heterocycles. The molecule has 11 heavy (non-hydrogen) atoms. The standard InChI is InChI=1S/C6H11NO4/c1-2-4(8)6(11)7-3-5(9)10/h4,8H,2-3H2,1H3,(H,7,11)(H,9,10). The van der Waals surface area contributed by atoms with Crippen molar-refractivity contribution in [3.63, 3.8) is 0 Å². The maximum atomic E-state index is 10.7. The maximum absolute atomic E-state index is 10.7. The zero-order valence-electron chi connectivity index (χ0n) is 6.20. The number of rotatable bonds is 4. The van der Waals surface area contributed by atoms with E-state index in [-0.39, 0.29) is 6.42 Å². The van der Waals surface area contributed by atoms with Crippen LogP contribution in [0.2, 0.25) is 0 Å². The maximum Gasteiger partial charge on any atom is 0.322 e. The number of aliphatic hydroxyl groups excluding tert-OH is 1. The van der Waals surface area contributed by atoms with Crippen LogP contribution in [0.3, 0.4) is 0 Å². The van der Waals surface area contributed by atoms with Crippen LogP contribution in [-0.2, 0) is 9.59 Å². The fraction of sp³-hybridized carbons (Fsp3) is 0.667. The van der Waals surface area contributed by atoms with Gasteiger partial charge in [-0.05, 0) is 6.42 Å². The van der Waals surface area contributed by atoms with E-state index in [0.717, 1.165) is 0 Å². The third kappa shape index (κ3) is 4.32. The Balaban J connectivity index is 3.60. The molecule has 0 bridgehead atoms. The molecule has 5 nitrogen and oxygen atoms in total. The van der Waals surface area contributed by atoms with E-state index in [9.17, 15) is 9.59 Å². The van der Waals surface area contributed by atoms with E-state index in [4.69, 9.17) is 10.2 Å². The molecule has 64 valence electrons. The Hall–Kier alpha value is -1.10. The second kappa shape index (κ2) is 4.68. The van der Waals surface area contributed by atoms with Crippen molar-refractivity contribution in [3.05, 3.63) is 0 Å². The lowest BCUT2D eigenvalue weighted by molar-refractivity contribution is -0.139. The monoisotopic (exact) mass is 161 g/mol. The number of aliphatic carboxylic acids is 1. The number of carbonyl (C=O) groups excluding carboxylic acids is 1. The van der Waals surface area contributed by atoms with Crippen LogP contribution in [0.25, 0.3) is 0 Å². The van der Waals surface area contributed by atoms with Crippen molar-refractivity contribution in [1.82, 2.24) is 5.32 Å². The molecule has 0 aromatic rings. The molecule has 0 aliphatic rings. The summed E-state index contributed by atoms with van der Waals surface area (Å²) in [6.45, 7) is 1.18. The lowest BCUT2D eigenvalue weighted by Crippen LogP contribution is -2.37. The normalized spacial score (nSPS) is 12.2. The first-order valence-electron chi connectivity index (χ1n) is 3.25. The predicted octanol–water partition coefficient (Wildman–Crippen LogP) is -1.04. The lowest BCUT2D eigenvalue weighted by atomic mass is 10.2. The average Bonchev–Trinajstić information content (AvgIpc) is 1.98. The predicted molar refractivity (Wildman–Crippen MR) is 36.9 cm³/mol. The van der Waals surface area contributed by atoms with E-state index in [0.29, 0.717) is 0 Å². The summed E-state index contributed by atoms with van der Waals surface area (Å²) in [6.07, 6.45) is -0.819. The van der Waals surface area contributed by atoms with Crippen LogP contribution >= 0.6 is 0 Å². The summed E-state index contributed by atoms with van der Waals surface area (Å²) >= 11 is 0. The van der Waals surface area contributed by atoms with Crippen molar-refractivity contribution in [3.8, 4) is 0 Å². The summed E-state index contributed by atoms with van der Waals surface area (Å²) < 4.78 is 0. The minimum Gasteiger partial charge on any atom is -0.480 e. The molecule has 1 amide bonds. The van der Waals surface area contributed by atoms with E-state index in [2.05, 4.69) is 0 Å². The number of carboxylic acids is 1. The summed E-state index contributed by atoms with van der Waals surface area (Å²) in [5, 5.41) is 19.0. The second-order valence-corrected chi connectivity index (χ2v) is 2.04. The molecule has 0 aromatic carbocycles. The van der Waals surface area contributed by atoms with Gasteiger partial charge in [-0.2, -0.15) is 0 Å². The Morgan fingerprint density at radius 2 is 2.09 bits per heavy atom. The van der Waals surface area contributed by atoms with Gasteiger partial charge in [-0.15, -0.1) is 0 Å². The topological polar surface area (TPSA) is 86.6 Å². The van der Waals surface area contributed by atoms with E-state index in [1.54, 1.807) is 6.92 Å². The highest BCUT2D eigenvalue weighted by molar-refractivity contribution is 5.84. The van der Waals surface area contributed by atoms with E-state index >= 15 is 0 Å². The minimum absolute atomic E-state index is 0.283. The van der Waals surface area contributed by atoms with Gasteiger partial charge in [0.15, 0.2) is 0 Å². The zero-order valence-corrected chi connectivity index (χ0v) is 6.20. The Morgan fingerprint density at radius 1 is 1.55 bits per heavy atom. The summed E-state index contributed by atoms with van der Waals surface area (Å²) in [7, 11) is 0. The van der Waals surface area contributed by atoms with Gasteiger partial charge in [0.2, 0.25) is 5.91 Å². The molecular weight excluding hydrogens is 150 g/mol. The van der Waals surface area contributed by atoms with Gasteiger partial charge >= 0.3 is 5.97 Å². The van der Waals surface area contributed by atoms with Crippen molar-refractivity contribution in [1.29, 1.82) is 0 Å². The summed E-state index contributed by atoms with van der Waals surface area (Å²) in [4.78, 5) is 20.6. The van der Waals surface area contributed by atoms with Gasteiger partial charge in [-0.25, -0.2) is 0 Å². The fourth-order valence-electron chi connectivity index (χ4n) is 0.466. The number of nitrogens with one attached hydrogen (secondary N) is 1. The Bertz CT molecular complexity index is 157. The van der Waals surface area contributed by atoms with Gasteiger partial charge in [0.1, 0.15) is 12.6 Å². The summed E-state index contributed by atoms with van der Waals surface area (Å²) in [6, 6.07) is 0. The average molecular weight is 161 g/mol. The van der Waals surface area contributed by atoms with Crippen LogP contribution in [0.15, 0.2) is 0 Å². The smallest absolute Gasteiger partial charge is 0.322 e. The first-order valence-corrected chi connectivity index (χ1v) is 3.25. The Labute approximate surface area is 64.0 Å². The highest BCUT2D eigenvalue weighted by atomic mass is 16.4. The SMILES string of the molecule is CCC(O)C(=O)NCC(=O)O. The van der Waals surface area contributed by atoms with Crippen molar-refractivity contribution < 1.29 is 19.8 Å². The number of carboxylic acid groups (broad SMARTS) is 1. The van der Waals surface area contributed by atoms with Crippen molar-refractivity contribution in [2.45, 2.75) is 19.4 Å². The number of aliphatic hydroxyl groups is 1. The third-order valence-corrected chi connectivity index (χ3v) is 1.10. The molecular formula is C6H11NO4. The van der Waals surface area contributed by atoms with Crippen LogP contribution in [0, 0.1) is 0 Å². The summed E-state index contributed by atoms with van der Waals surface area (Å²) in [5.74, 6) is -1.77. The molecule has 0 saturated carbocycles. The van der Waals surface area contributed by atoms with E-state index < -0.39 is 24.5 Å². The van der Waals surface area contributed by atoms with Crippen LogP contribution in [0.1, 0.15) is 13.3 Å². The first-order chi connectivity index (χ1) is 5.07. The third-order valence-electron chi connectivity index (χ3n) is 1.10. The lowest BCUT2D eigenvalue weighted by Gasteiger charge is -2.06. The molecule has 1 unspecified atom stereocenters. The molecule has 0 spiro atoms. The van der Waals surface area contributed by atoms with Crippen molar-refractivity contribution >= 4 is 11.9 Å². The van der Waals surface area contributed by atoms with Gasteiger partial charge in [0.25, 0.3) is 0 Å². The van der Waals surface area contributed by atoms with Gasteiger partial charge < -0.3 is 15.5 Å². The fourth-order valence-corrected chi connectivity index (χ4v) is 0.466. The van der Waals surface area contributed by atoms with Crippen LogP contribution in [0.5, 0.6) is 0 Å². The molecule has 0 aliphatic carbocycles. The Kier molecular flexibility index (Phi) is 4.21. The molecule has 5 heteroatoms. The molecule has 1 atom stereocenters. The van der Waals surface area contributed by atoms with Crippen molar-refractivity contribution in [2.75, 3.05) is 6.54 Å². The molecule has 0 rings (SSSR count). The molecule has 3 N–H and O–H groups in total. The van der Waals surface area contributed by atoms with Crippen molar-refractivity contribution in [2.24, 2.45) is 0 Å². The quantitative estimate of drug-likeness (QED) is 0.491. The molecule has 0 saturated heterocycles. The van der Waals surface area contributed by atoms with Gasteiger partial charge in [-0.3, -0.25) is 9.59 Å². The van der Waals surface area contributed by atoms with Crippen LogP contribution < -0.4 is 5.32 Å². The van der Waals surface area contributed by atoms with Crippen LogP contribution in [0.4, 0.5) is 0 Å². The Morgan fingerprint density at radius 3 is 2.45 bits per heavy atom. The van der Waals surface area contributed by atoms with Gasteiger partial charge in [0.05, 0.1) is 0 Å². The largest absolute Gasteiger partial charge is 0.480 e. The molecule has 0 aliphatic heterocycles. The molecule has 0 aromatic heterocycles. The number of amides is 1. The molecule has 0 fully saturated rings. The number of carbonyl (C=O) groups is 2. The second-order valence-electron chi connectivity index (χ2n) is 2.04. The van der Waals surface area contributed by atoms with Gasteiger partial charge in [-0.1, -0.05) is 6.92 Å². The number of hydrogen-bond donors (Lipinski definition) is 3. The molecule has 0 radical (unpaired) electrons. The van der Waals surface area contributed by atoms with Gasteiger partial charge in [0, 0.05) is 0 Å². The van der Waals surface area contributed by atoms with Crippen LogP contribution in [-0.4, -0.2) is 34.7 Å². The highest BCUT2D eigenvalue weighted by Gasteiger charge is 2.12. The van der Waals surface area contributed by atoms with E-state index in [1.807, 2.05) is 5.32 Å². The first kappa shape index (κ1) is 9.90. The zero-order chi connectivity index (χ0) is 8.85. The number of hydrogen-bond acceptors (Lipinski definition) is 3. The minimum atomic E-state index is -1.12.